The maximum atomic E-state index is 13.1. The Hall–Kier alpha value is -4.14. The molecule has 1 unspecified atom stereocenters. The fourth-order valence-corrected chi connectivity index (χ4v) is 6.34. The van der Waals surface area contributed by atoms with Crippen LogP contribution in [0.25, 0.3) is 10.9 Å². The molecular weight excluding hydrogens is 498 g/mol. The van der Waals surface area contributed by atoms with Gasteiger partial charge in [0.1, 0.15) is 17.0 Å². The van der Waals surface area contributed by atoms with E-state index in [4.69, 9.17) is 4.74 Å². The van der Waals surface area contributed by atoms with Crippen molar-refractivity contribution in [2.45, 2.75) is 63.5 Å². The molecular formula is C30H31N3O6. The minimum absolute atomic E-state index is 0.0435. The number of nitrogens with zero attached hydrogens (tertiary/aromatic N) is 3. The Labute approximate surface area is 225 Å². The van der Waals surface area contributed by atoms with Gasteiger partial charge in [0, 0.05) is 24.8 Å². The number of aromatic carboxylic acids is 1. The highest BCUT2D eigenvalue weighted by molar-refractivity contribution is 5.95. The monoisotopic (exact) mass is 529 g/mol. The molecule has 1 aromatic heterocycles. The SMILES string of the molecule is COc1ccc(CC2C3=C(CCCC3)CCN2c2cc3c(cc2[N+](=O)[O-])c(=O)c(C(=O)O)cn3C2CC2)cc1. The summed E-state index contributed by atoms with van der Waals surface area (Å²) in [6, 6.07) is 11.1. The van der Waals surface area contributed by atoms with E-state index in [2.05, 4.69) is 4.90 Å². The summed E-state index contributed by atoms with van der Waals surface area (Å²) in [6.07, 6.45) is 9.04. The summed E-state index contributed by atoms with van der Waals surface area (Å²) in [5, 5.41) is 22.1. The van der Waals surface area contributed by atoms with Crippen LogP contribution in [0.5, 0.6) is 5.75 Å². The van der Waals surface area contributed by atoms with Crippen LogP contribution < -0.4 is 15.1 Å². The molecule has 1 atom stereocenters. The second-order valence-electron chi connectivity index (χ2n) is 10.8. The summed E-state index contributed by atoms with van der Waals surface area (Å²) in [5.74, 6) is -0.545. The Morgan fingerprint density at radius 2 is 1.87 bits per heavy atom. The Kier molecular flexibility index (Phi) is 6.37. The predicted octanol–water partition coefficient (Wildman–Crippen LogP) is 5.64. The number of carbonyl (C=O) groups is 1. The van der Waals surface area contributed by atoms with E-state index in [-0.39, 0.29) is 28.7 Å². The quantitative estimate of drug-likeness (QED) is 0.239. The zero-order valence-electron chi connectivity index (χ0n) is 21.9. The number of anilines is 1. The van der Waals surface area contributed by atoms with Crippen molar-refractivity contribution in [3.05, 3.63) is 85.2 Å². The molecule has 1 N–H and O–H groups in total. The molecule has 0 saturated heterocycles. The van der Waals surface area contributed by atoms with Crippen LogP contribution in [-0.2, 0) is 6.42 Å². The van der Waals surface area contributed by atoms with E-state index in [1.165, 1.54) is 29.8 Å². The van der Waals surface area contributed by atoms with E-state index in [0.717, 1.165) is 49.8 Å². The first-order valence-electron chi connectivity index (χ1n) is 13.6. The van der Waals surface area contributed by atoms with E-state index in [1.807, 2.05) is 28.8 Å². The van der Waals surface area contributed by atoms with Gasteiger partial charge < -0.3 is 19.3 Å². The lowest BCUT2D eigenvalue weighted by molar-refractivity contribution is -0.384. The fraction of sp³-hybridized carbons (Fsp3) is 0.400. The smallest absolute Gasteiger partial charge is 0.341 e. The van der Waals surface area contributed by atoms with Crippen LogP contribution in [0.4, 0.5) is 11.4 Å². The van der Waals surface area contributed by atoms with Crippen molar-refractivity contribution in [1.82, 2.24) is 4.57 Å². The van der Waals surface area contributed by atoms with E-state index in [0.29, 0.717) is 24.2 Å². The molecule has 1 saturated carbocycles. The standard InChI is InChI=1S/C30H31N3O6/c1-39-21-10-6-18(7-11-21)14-25-22-5-3-2-4-19(22)12-13-31(25)27-16-26-23(15-28(27)33(37)38)29(34)24(30(35)36)17-32(26)20-8-9-20/h6-7,10-11,15-17,20,25H,2-5,8-9,12-14H2,1H3,(H,35,36). The molecule has 9 heteroatoms. The summed E-state index contributed by atoms with van der Waals surface area (Å²) in [7, 11) is 1.64. The minimum Gasteiger partial charge on any atom is -0.497 e. The number of carboxylic acids is 1. The van der Waals surface area contributed by atoms with E-state index in [9.17, 15) is 24.8 Å². The Bertz CT molecular complexity index is 1570. The van der Waals surface area contributed by atoms with Crippen LogP contribution in [0.15, 0.2) is 58.5 Å². The average Bonchev–Trinajstić information content (AvgIpc) is 3.78. The molecule has 0 amide bonds. The van der Waals surface area contributed by atoms with Gasteiger partial charge >= 0.3 is 5.97 Å². The predicted molar refractivity (Wildman–Crippen MR) is 148 cm³/mol. The van der Waals surface area contributed by atoms with Gasteiger partial charge in [0.15, 0.2) is 0 Å². The van der Waals surface area contributed by atoms with Crippen LogP contribution in [0, 0.1) is 10.1 Å². The molecule has 1 fully saturated rings. The third-order valence-electron chi connectivity index (χ3n) is 8.46. The van der Waals surface area contributed by atoms with Gasteiger partial charge in [-0.05, 0) is 80.7 Å². The number of carboxylic acid groups (broad SMARTS) is 1. The average molecular weight is 530 g/mol. The number of benzene rings is 2. The van der Waals surface area contributed by atoms with Gasteiger partial charge in [0.25, 0.3) is 5.69 Å². The summed E-state index contributed by atoms with van der Waals surface area (Å²) in [4.78, 5) is 39.1. The molecule has 0 bridgehead atoms. The van der Waals surface area contributed by atoms with Crippen molar-refractivity contribution < 1.29 is 19.6 Å². The summed E-state index contributed by atoms with van der Waals surface area (Å²) >= 11 is 0. The van der Waals surface area contributed by atoms with Crippen molar-refractivity contribution in [3.63, 3.8) is 0 Å². The number of hydrogen-bond acceptors (Lipinski definition) is 6. The summed E-state index contributed by atoms with van der Waals surface area (Å²) < 4.78 is 7.16. The zero-order chi connectivity index (χ0) is 27.3. The number of aromatic nitrogens is 1. The molecule has 2 aromatic carbocycles. The number of nitro groups is 1. The van der Waals surface area contributed by atoms with Crippen molar-refractivity contribution in [1.29, 1.82) is 0 Å². The van der Waals surface area contributed by atoms with Crippen LogP contribution in [0.2, 0.25) is 0 Å². The second-order valence-corrected chi connectivity index (χ2v) is 10.8. The van der Waals surface area contributed by atoms with Crippen molar-refractivity contribution in [2.24, 2.45) is 0 Å². The number of nitro benzene ring substituents is 1. The highest BCUT2D eigenvalue weighted by Crippen LogP contribution is 2.44. The second kappa shape index (κ2) is 9.87. The molecule has 6 rings (SSSR count). The van der Waals surface area contributed by atoms with Gasteiger partial charge in [-0.25, -0.2) is 4.79 Å². The normalized spacial score (nSPS) is 19.2. The molecule has 0 radical (unpaired) electrons. The minimum atomic E-state index is -1.32. The topological polar surface area (TPSA) is 115 Å². The largest absolute Gasteiger partial charge is 0.497 e. The zero-order valence-corrected chi connectivity index (χ0v) is 21.9. The Morgan fingerprint density at radius 3 is 2.54 bits per heavy atom. The van der Waals surface area contributed by atoms with Gasteiger partial charge in [-0.2, -0.15) is 0 Å². The van der Waals surface area contributed by atoms with Crippen molar-refractivity contribution in [3.8, 4) is 5.75 Å². The Morgan fingerprint density at radius 1 is 1.13 bits per heavy atom. The highest BCUT2D eigenvalue weighted by Gasteiger charge is 2.36. The molecule has 3 aromatic rings. The van der Waals surface area contributed by atoms with Crippen LogP contribution in [-0.4, -0.2) is 40.3 Å². The third kappa shape index (κ3) is 4.56. The first-order valence-corrected chi connectivity index (χ1v) is 13.6. The number of rotatable bonds is 7. The molecule has 202 valence electrons. The van der Waals surface area contributed by atoms with Gasteiger partial charge in [-0.1, -0.05) is 17.7 Å². The lowest BCUT2D eigenvalue weighted by Gasteiger charge is -2.42. The number of hydrogen-bond donors (Lipinski definition) is 1. The van der Waals surface area contributed by atoms with Gasteiger partial charge in [-0.3, -0.25) is 14.9 Å². The lowest BCUT2D eigenvalue weighted by Crippen LogP contribution is -2.44. The highest BCUT2D eigenvalue weighted by atomic mass is 16.6. The summed E-state index contributed by atoms with van der Waals surface area (Å²) in [6.45, 7) is 0.646. The number of ether oxygens (including phenoxy) is 1. The molecule has 0 spiro atoms. The lowest BCUT2D eigenvalue weighted by atomic mass is 9.80. The first-order chi connectivity index (χ1) is 18.9. The van der Waals surface area contributed by atoms with E-state index in [1.54, 1.807) is 13.2 Å². The van der Waals surface area contributed by atoms with Crippen molar-refractivity contribution >= 4 is 28.2 Å². The molecule has 2 heterocycles. The van der Waals surface area contributed by atoms with Crippen LogP contribution in [0.3, 0.4) is 0 Å². The molecule has 39 heavy (non-hydrogen) atoms. The summed E-state index contributed by atoms with van der Waals surface area (Å²) in [5.41, 5.74) is 3.80. The van der Waals surface area contributed by atoms with E-state index >= 15 is 0 Å². The molecule has 2 aliphatic carbocycles. The maximum Gasteiger partial charge on any atom is 0.341 e. The van der Waals surface area contributed by atoms with E-state index < -0.39 is 16.3 Å². The van der Waals surface area contributed by atoms with Gasteiger partial charge in [0.2, 0.25) is 5.43 Å². The number of methoxy groups -OCH3 is 1. The van der Waals surface area contributed by atoms with Gasteiger partial charge in [-0.15, -0.1) is 0 Å². The number of pyridine rings is 1. The first kappa shape index (κ1) is 25.2. The molecule has 1 aliphatic heterocycles. The van der Waals surface area contributed by atoms with Gasteiger partial charge in [0.05, 0.1) is 29.0 Å². The van der Waals surface area contributed by atoms with Crippen molar-refractivity contribution in [2.75, 3.05) is 18.6 Å². The molecule has 3 aliphatic rings. The molecule has 9 nitrogen and oxygen atoms in total. The van der Waals surface area contributed by atoms with Crippen LogP contribution >= 0.6 is 0 Å². The fourth-order valence-electron chi connectivity index (χ4n) is 6.34. The number of fused-ring (bicyclic) bond motifs is 1. The van der Waals surface area contributed by atoms with Crippen LogP contribution in [0.1, 0.15) is 66.9 Å². The Balaban J connectivity index is 1.52. The third-order valence-corrected chi connectivity index (χ3v) is 8.46. The maximum absolute atomic E-state index is 13.1.